The maximum atomic E-state index is 12.0. The van der Waals surface area contributed by atoms with Crippen molar-refractivity contribution in [2.45, 2.75) is 19.9 Å². The summed E-state index contributed by atoms with van der Waals surface area (Å²) in [5.41, 5.74) is 1.73. The number of hydrogen-bond donors (Lipinski definition) is 2. The highest BCUT2D eigenvalue weighted by Crippen LogP contribution is 2.22. The minimum Gasteiger partial charge on any atom is -0.360 e. The van der Waals surface area contributed by atoms with Gasteiger partial charge in [-0.1, -0.05) is 29.8 Å². The molecule has 0 aliphatic carbocycles. The van der Waals surface area contributed by atoms with Crippen molar-refractivity contribution in [3.8, 4) is 0 Å². The van der Waals surface area contributed by atoms with E-state index in [2.05, 4.69) is 26.2 Å². The number of rotatable bonds is 4. The number of carbonyl (C=O) groups excluding carboxylic acids is 1. The van der Waals surface area contributed by atoms with Gasteiger partial charge < -0.3 is 10.3 Å². The Bertz CT molecular complexity index is 545. The van der Waals surface area contributed by atoms with Gasteiger partial charge in [-0.3, -0.25) is 4.79 Å². The lowest BCUT2D eigenvalue weighted by Crippen LogP contribution is -2.29. The molecule has 0 amide bonds. The molecule has 1 aromatic heterocycles. The number of carbonyl (C=O) groups is 1. The van der Waals surface area contributed by atoms with Crippen LogP contribution in [0.1, 0.15) is 24.2 Å². The lowest BCUT2D eigenvalue weighted by Gasteiger charge is -2.06. The topological polar surface area (TPSA) is 44.9 Å². The van der Waals surface area contributed by atoms with E-state index in [1.54, 1.807) is 6.20 Å². The first-order valence-electron chi connectivity index (χ1n) is 5.61. The number of ketones is 1. The first-order valence-corrected chi connectivity index (χ1v) is 6.40. The van der Waals surface area contributed by atoms with Gasteiger partial charge in [0.05, 0.1) is 6.54 Å². The van der Waals surface area contributed by atoms with E-state index in [0.717, 1.165) is 20.9 Å². The Balaban J connectivity index is 2.29. The van der Waals surface area contributed by atoms with Crippen LogP contribution in [-0.4, -0.2) is 23.4 Å². The second kappa shape index (κ2) is 5.02. The number of nitrogens with one attached hydrogen (secondary N) is 2. The van der Waals surface area contributed by atoms with Gasteiger partial charge in [0, 0.05) is 33.2 Å². The van der Waals surface area contributed by atoms with E-state index in [1.807, 2.05) is 32.0 Å². The predicted octanol–water partition coefficient (Wildman–Crippen LogP) is 3.11. The van der Waals surface area contributed by atoms with Crippen LogP contribution < -0.4 is 5.32 Å². The summed E-state index contributed by atoms with van der Waals surface area (Å²) >= 11 is 3.42. The van der Waals surface area contributed by atoms with Gasteiger partial charge in [0.15, 0.2) is 5.78 Å². The highest BCUT2D eigenvalue weighted by atomic mass is 79.9. The minimum absolute atomic E-state index is 0.114. The lowest BCUT2D eigenvalue weighted by molar-refractivity contribution is 0.0990. The number of Topliss-reactive ketones (excluding diaryl/α,β-unsaturated/α-hetero) is 1. The number of aromatic nitrogens is 1. The fraction of sp³-hybridized carbons (Fsp3) is 0.308. The molecule has 0 atom stereocenters. The molecule has 0 aliphatic rings. The van der Waals surface area contributed by atoms with Crippen LogP contribution in [0, 0.1) is 0 Å². The Labute approximate surface area is 109 Å². The fourth-order valence-corrected chi connectivity index (χ4v) is 2.08. The molecule has 2 N–H and O–H groups in total. The zero-order chi connectivity index (χ0) is 12.4. The van der Waals surface area contributed by atoms with Crippen LogP contribution in [0.2, 0.25) is 0 Å². The van der Waals surface area contributed by atoms with E-state index in [9.17, 15) is 4.79 Å². The van der Waals surface area contributed by atoms with Gasteiger partial charge in [0.1, 0.15) is 0 Å². The second-order valence-corrected chi connectivity index (χ2v) is 5.27. The van der Waals surface area contributed by atoms with Gasteiger partial charge in [-0.05, 0) is 18.2 Å². The first-order chi connectivity index (χ1) is 8.08. The molecule has 2 aromatic rings. The molecule has 17 heavy (non-hydrogen) atoms. The van der Waals surface area contributed by atoms with Crippen LogP contribution >= 0.6 is 15.9 Å². The number of halogens is 1. The molecule has 0 fully saturated rings. The second-order valence-electron chi connectivity index (χ2n) is 4.35. The third-order valence-corrected chi connectivity index (χ3v) is 3.11. The van der Waals surface area contributed by atoms with Crippen LogP contribution in [-0.2, 0) is 0 Å². The molecule has 90 valence electrons. The SMILES string of the molecule is CC(C)NCC(=O)c1c[nH]c2ccc(Br)cc12. The molecular weight excluding hydrogens is 280 g/mol. The molecule has 3 nitrogen and oxygen atoms in total. The van der Waals surface area contributed by atoms with E-state index < -0.39 is 0 Å². The summed E-state index contributed by atoms with van der Waals surface area (Å²) < 4.78 is 0.982. The van der Waals surface area contributed by atoms with Gasteiger partial charge in [0.25, 0.3) is 0 Å². The van der Waals surface area contributed by atoms with Crippen molar-refractivity contribution >= 4 is 32.6 Å². The van der Waals surface area contributed by atoms with Gasteiger partial charge in [-0.15, -0.1) is 0 Å². The molecule has 0 saturated heterocycles. The molecule has 4 heteroatoms. The predicted molar refractivity (Wildman–Crippen MR) is 73.5 cm³/mol. The van der Waals surface area contributed by atoms with Gasteiger partial charge in [-0.2, -0.15) is 0 Å². The maximum Gasteiger partial charge on any atom is 0.178 e. The Morgan fingerprint density at radius 1 is 1.47 bits per heavy atom. The van der Waals surface area contributed by atoms with Crippen LogP contribution in [0.15, 0.2) is 28.9 Å². The average Bonchev–Trinajstić information content (AvgIpc) is 2.68. The largest absolute Gasteiger partial charge is 0.360 e. The van der Waals surface area contributed by atoms with Crippen molar-refractivity contribution in [1.29, 1.82) is 0 Å². The van der Waals surface area contributed by atoms with Gasteiger partial charge in [0.2, 0.25) is 0 Å². The monoisotopic (exact) mass is 294 g/mol. The molecule has 0 bridgehead atoms. The number of benzene rings is 1. The number of aromatic amines is 1. The Hall–Kier alpha value is -1.13. The molecule has 0 unspecified atom stereocenters. The van der Waals surface area contributed by atoms with Crippen LogP contribution in [0.5, 0.6) is 0 Å². The van der Waals surface area contributed by atoms with E-state index in [4.69, 9.17) is 0 Å². The third kappa shape index (κ3) is 2.76. The smallest absolute Gasteiger partial charge is 0.178 e. The summed E-state index contributed by atoms with van der Waals surface area (Å²) in [6, 6.07) is 6.20. The van der Waals surface area contributed by atoms with Crippen molar-refractivity contribution in [1.82, 2.24) is 10.3 Å². The normalized spacial score (nSPS) is 11.3. The molecular formula is C13H15BrN2O. The fourth-order valence-electron chi connectivity index (χ4n) is 1.72. The molecule has 0 radical (unpaired) electrons. The molecule has 0 aliphatic heterocycles. The average molecular weight is 295 g/mol. The summed E-state index contributed by atoms with van der Waals surface area (Å²) in [5.74, 6) is 0.114. The van der Waals surface area contributed by atoms with Crippen molar-refractivity contribution < 1.29 is 4.79 Å². The summed E-state index contributed by atoms with van der Waals surface area (Å²) in [6.07, 6.45) is 1.78. The number of H-pyrrole nitrogens is 1. The molecule has 2 rings (SSSR count). The van der Waals surface area contributed by atoms with Crippen molar-refractivity contribution in [2.24, 2.45) is 0 Å². The Morgan fingerprint density at radius 3 is 2.94 bits per heavy atom. The van der Waals surface area contributed by atoms with Crippen LogP contribution in [0.4, 0.5) is 0 Å². The highest BCUT2D eigenvalue weighted by Gasteiger charge is 2.12. The summed E-state index contributed by atoms with van der Waals surface area (Å²) in [4.78, 5) is 15.2. The molecule has 1 aromatic carbocycles. The maximum absolute atomic E-state index is 12.0. The summed E-state index contributed by atoms with van der Waals surface area (Å²) in [5, 5.41) is 4.11. The van der Waals surface area contributed by atoms with Gasteiger partial charge in [-0.25, -0.2) is 0 Å². The zero-order valence-electron chi connectivity index (χ0n) is 9.88. The highest BCUT2D eigenvalue weighted by molar-refractivity contribution is 9.10. The minimum atomic E-state index is 0.114. The third-order valence-electron chi connectivity index (χ3n) is 2.62. The Morgan fingerprint density at radius 2 is 2.24 bits per heavy atom. The van der Waals surface area contributed by atoms with Crippen molar-refractivity contribution in [3.05, 3.63) is 34.4 Å². The number of fused-ring (bicyclic) bond motifs is 1. The van der Waals surface area contributed by atoms with Crippen LogP contribution in [0.3, 0.4) is 0 Å². The van der Waals surface area contributed by atoms with Crippen molar-refractivity contribution in [3.63, 3.8) is 0 Å². The van der Waals surface area contributed by atoms with Crippen molar-refractivity contribution in [2.75, 3.05) is 6.54 Å². The summed E-state index contributed by atoms with van der Waals surface area (Å²) in [6.45, 7) is 4.43. The zero-order valence-corrected chi connectivity index (χ0v) is 11.5. The van der Waals surface area contributed by atoms with E-state index >= 15 is 0 Å². The van der Waals surface area contributed by atoms with E-state index in [-0.39, 0.29) is 5.78 Å². The standard InChI is InChI=1S/C13H15BrN2O/c1-8(2)15-7-13(17)11-6-16-12-4-3-9(14)5-10(11)12/h3-6,8,15-16H,7H2,1-2H3. The quantitative estimate of drug-likeness (QED) is 0.851. The lowest BCUT2D eigenvalue weighted by atomic mass is 10.1. The number of hydrogen-bond acceptors (Lipinski definition) is 2. The van der Waals surface area contributed by atoms with Gasteiger partial charge >= 0.3 is 0 Å². The molecule has 0 spiro atoms. The van der Waals surface area contributed by atoms with E-state index in [0.29, 0.717) is 12.6 Å². The van der Waals surface area contributed by atoms with Crippen LogP contribution in [0.25, 0.3) is 10.9 Å². The Kier molecular flexibility index (Phi) is 3.64. The molecule has 1 heterocycles. The van der Waals surface area contributed by atoms with E-state index in [1.165, 1.54) is 0 Å². The molecule has 0 saturated carbocycles. The summed E-state index contributed by atoms with van der Waals surface area (Å²) in [7, 11) is 0. The first kappa shape index (κ1) is 12.3.